The van der Waals surface area contributed by atoms with Crippen LogP contribution in [0.2, 0.25) is 0 Å². The maximum absolute atomic E-state index is 12.9. The largest absolute Gasteiger partial charge is 0.336 e. The molecule has 2 aliphatic heterocycles. The molecular weight excluding hydrogens is 372 g/mol. The maximum Gasteiger partial charge on any atom is 0.273 e. The Morgan fingerprint density at radius 1 is 1.21 bits per heavy atom. The van der Waals surface area contributed by atoms with E-state index in [9.17, 15) is 9.59 Å². The van der Waals surface area contributed by atoms with Crippen molar-refractivity contribution in [3.05, 3.63) is 69.9 Å². The molecule has 2 aliphatic rings. The minimum absolute atomic E-state index is 0.0400. The van der Waals surface area contributed by atoms with E-state index in [1.807, 2.05) is 42.1 Å². The normalized spacial score (nSPS) is 16.6. The van der Waals surface area contributed by atoms with E-state index in [-0.39, 0.29) is 17.4 Å². The summed E-state index contributed by atoms with van der Waals surface area (Å²) in [4.78, 5) is 31.4. The Hall–Kier alpha value is -2.67. The lowest BCUT2D eigenvalue weighted by Gasteiger charge is -2.39. The minimum atomic E-state index is -0.0455. The number of thioether (sulfide) groups is 1. The Morgan fingerprint density at radius 2 is 2.07 bits per heavy atom. The summed E-state index contributed by atoms with van der Waals surface area (Å²) >= 11 is 1.85. The molecule has 1 aromatic carbocycles. The van der Waals surface area contributed by atoms with Crippen LogP contribution in [0.25, 0.3) is 10.8 Å². The third-order valence-corrected chi connectivity index (χ3v) is 6.46. The van der Waals surface area contributed by atoms with Crippen molar-refractivity contribution in [2.75, 3.05) is 18.8 Å². The van der Waals surface area contributed by atoms with Gasteiger partial charge in [-0.25, -0.2) is 4.68 Å². The summed E-state index contributed by atoms with van der Waals surface area (Å²) in [6, 6.07) is 11.4. The van der Waals surface area contributed by atoms with Crippen molar-refractivity contribution in [3.8, 4) is 0 Å². The number of rotatable bonds is 3. The van der Waals surface area contributed by atoms with Crippen molar-refractivity contribution >= 4 is 28.4 Å². The zero-order chi connectivity index (χ0) is 19.1. The zero-order valence-corrected chi connectivity index (χ0v) is 16.2. The first-order valence-electron chi connectivity index (χ1n) is 9.50. The van der Waals surface area contributed by atoms with Crippen LogP contribution >= 0.6 is 11.8 Å². The molecule has 1 fully saturated rings. The number of hydrogen-bond acceptors (Lipinski definition) is 5. The summed E-state index contributed by atoms with van der Waals surface area (Å²) in [5.74, 6) is 2.14. The average Bonchev–Trinajstić information content (AvgIpc) is 2.69. The molecule has 0 radical (unpaired) electrons. The molecule has 1 saturated heterocycles. The summed E-state index contributed by atoms with van der Waals surface area (Å²) < 4.78 is 1.58. The molecule has 0 saturated carbocycles. The van der Waals surface area contributed by atoms with E-state index in [0.29, 0.717) is 25.3 Å². The van der Waals surface area contributed by atoms with E-state index < -0.39 is 0 Å². The summed E-state index contributed by atoms with van der Waals surface area (Å²) in [6.07, 6.45) is 2.60. The van der Waals surface area contributed by atoms with E-state index >= 15 is 0 Å². The van der Waals surface area contributed by atoms with Gasteiger partial charge < -0.3 is 4.90 Å². The summed E-state index contributed by atoms with van der Waals surface area (Å²) in [7, 11) is 0. The van der Waals surface area contributed by atoms with Crippen molar-refractivity contribution in [2.24, 2.45) is 5.92 Å². The first-order chi connectivity index (χ1) is 13.7. The molecule has 0 atom stereocenters. The van der Waals surface area contributed by atoms with E-state index in [4.69, 9.17) is 0 Å². The quantitative estimate of drug-likeness (QED) is 0.684. The molecule has 6 nitrogen and oxygen atoms in total. The van der Waals surface area contributed by atoms with Gasteiger partial charge in [-0.1, -0.05) is 24.3 Å². The molecule has 4 heterocycles. The number of aromatic nitrogens is 3. The van der Waals surface area contributed by atoms with Crippen molar-refractivity contribution in [3.63, 3.8) is 0 Å². The number of pyridine rings is 1. The highest BCUT2D eigenvalue weighted by molar-refractivity contribution is 7.98. The maximum atomic E-state index is 12.9. The molecule has 0 spiro atoms. The fourth-order valence-corrected chi connectivity index (χ4v) is 4.87. The van der Waals surface area contributed by atoms with Gasteiger partial charge in [0, 0.05) is 48.8 Å². The fraction of sp³-hybridized carbons (Fsp3) is 0.333. The topological polar surface area (TPSA) is 68.1 Å². The molecule has 2 aromatic heterocycles. The van der Waals surface area contributed by atoms with Crippen LogP contribution in [0.5, 0.6) is 0 Å². The van der Waals surface area contributed by atoms with Crippen LogP contribution in [0.15, 0.2) is 47.4 Å². The van der Waals surface area contributed by atoms with Gasteiger partial charge in [0.25, 0.3) is 11.5 Å². The molecule has 3 aromatic rings. The monoisotopic (exact) mass is 392 g/mol. The number of fused-ring (bicyclic) bond motifs is 2. The fourth-order valence-electron chi connectivity index (χ4n) is 3.92. The second-order valence-electron chi connectivity index (χ2n) is 7.40. The second-order valence-corrected chi connectivity index (χ2v) is 8.50. The molecule has 0 unspecified atom stereocenters. The molecular formula is C21H20N4O2S. The summed E-state index contributed by atoms with van der Waals surface area (Å²) in [5.41, 5.74) is 2.58. The number of likely N-dealkylation sites (tertiary alicyclic amines) is 1. The molecule has 0 aliphatic carbocycles. The predicted molar refractivity (Wildman–Crippen MR) is 109 cm³/mol. The number of nitrogens with zero attached hydrogens (tertiary/aromatic N) is 4. The number of carbonyl (C=O) groups is 1. The zero-order valence-electron chi connectivity index (χ0n) is 15.4. The number of hydrogen-bond donors (Lipinski definition) is 0. The minimum Gasteiger partial charge on any atom is -0.336 e. The van der Waals surface area contributed by atoms with E-state index in [1.165, 1.54) is 0 Å². The third kappa shape index (κ3) is 3.09. The standard InChI is InChI=1S/C21H20N4O2S/c26-19-9-16-13-28-8-6-18(16)23-25(19)12-14-10-24(11-14)21(27)20-17-4-2-1-3-15(17)5-7-22-20/h1-5,7,9,14H,6,8,10-13H2. The van der Waals surface area contributed by atoms with Crippen molar-refractivity contribution < 1.29 is 4.79 Å². The molecule has 5 rings (SSSR count). The Balaban J connectivity index is 1.29. The Kier molecular flexibility index (Phi) is 4.39. The van der Waals surface area contributed by atoms with Crippen molar-refractivity contribution in [1.29, 1.82) is 0 Å². The predicted octanol–water partition coefficient (Wildman–Crippen LogP) is 2.35. The van der Waals surface area contributed by atoms with Gasteiger partial charge >= 0.3 is 0 Å². The molecule has 142 valence electrons. The van der Waals surface area contributed by atoms with Gasteiger partial charge in [0.2, 0.25) is 0 Å². The Bertz CT molecular complexity index is 1120. The first-order valence-corrected chi connectivity index (χ1v) is 10.7. The van der Waals surface area contributed by atoms with Crippen LogP contribution in [-0.4, -0.2) is 44.4 Å². The average molecular weight is 392 g/mol. The van der Waals surface area contributed by atoms with Crippen LogP contribution in [0.4, 0.5) is 0 Å². The van der Waals surface area contributed by atoms with Gasteiger partial charge in [-0.3, -0.25) is 14.6 Å². The lowest BCUT2D eigenvalue weighted by molar-refractivity contribution is 0.0454. The van der Waals surface area contributed by atoms with Crippen LogP contribution in [0, 0.1) is 5.92 Å². The van der Waals surface area contributed by atoms with Crippen molar-refractivity contribution in [2.45, 2.75) is 18.7 Å². The third-order valence-electron chi connectivity index (χ3n) is 5.46. The smallest absolute Gasteiger partial charge is 0.273 e. The van der Waals surface area contributed by atoms with Crippen molar-refractivity contribution in [1.82, 2.24) is 19.7 Å². The summed E-state index contributed by atoms with van der Waals surface area (Å²) in [6.45, 7) is 1.82. The number of benzene rings is 1. The highest BCUT2D eigenvalue weighted by atomic mass is 32.2. The first kappa shape index (κ1) is 17.4. The van der Waals surface area contributed by atoms with Crippen LogP contribution in [0.1, 0.15) is 21.7 Å². The van der Waals surface area contributed by atoms with E-state index in [1.54, 1.807) is 21.8 Å². The van der Waals surface area contributed by atoms with Gasteiger partial charge in [0.15, 0.2) is 0 Å². The number of amides is 1. The Labute approximate surface area is 166 Å². The molecule has 1 amide bonds. The highest BCUT2D eigenvalue weighted by Crippen LogP contribution is 2.24. The lowest BCUT2D eigenvalue weighted by Crippen LogP contribution is -2.52. The molecule has 0 bridgehead atoms. The molecule has 7 heteroatoms. The SMILES string of the molecule is O=C(c1nccc2ccccc12)N1CC(Cn2nc3c(cc2=O)CSCC3)C1. The van der Waals surface area contributed by atoms with Crippen LogP contribution in [-0.2, 0) is 18.7 Å². The highest BCUT2D eigenvalue weighted by Gasteiger charge is 2.33. The number of aryl methyl sites for hydroxylation is 1. The molecule has 0 N–H and O–H groups in total. The van der Waals surface area contributed by atoms with Gasteiger partial charge in [0.1, 0.15) is 5.69 Å². The van der Waals surface area contributed by atoms with E-state index in [0.717, 1.165) is 40.0 Å². The summed E-state index contributed by atoms with van der Waals surface area (Å²) in [5, 5.41) is 6.47. The van der Waals surface area contributed by atoms with Gasteiger partial charge in [-0.2, -0.15) is 16.9 Å². The van der Waals surface area contributed by atoms with Crippen LogP contribution in [0.3, 0.4) is 0 Å². The number of carbonyl (C=O) groups excluding carboxylic acids is 1. The van der Waals surface area contributed by atoms with E-state index in [2.05, 4.69) is 10.1 Å². The second kappa shape index (κ2) is 7.05. The Morgan fingerprint density at radius 3 is 2.96 bits per heavy atom. The lowest BCUT2D eigenvalue weighted by atomic mass is 9.98. The van der Waals surface area contributed by atoms with Crippen LogP contribution < -0.4 is 5.56 Å². The van der Waals surface area contributed by atoms with Gasteiger partial charge in [-0.05, 0) is 22.8 Å². The molecule has 28 heavy (non-hydrogen) atoms. The van der Waals surface area contributed by atoms with Gasteiger partial charge in [-0.15, -0.1) is 0 Å². The van der Waals surface area contributed by atoms with Gasteiger partial charge in [0.05, 0.1) is 12.2 Å².